The fourth-order valence-electron chi connectivity index (χ4n) is 4.69. The molecule has 0 N–H and O–H groups in total. The molecule has 5 heteroatoms. The molecule has 0 saturated carbocycles. The van der Waals surface area contributed by atoms with Crippen molar-refractivity contribution in [2.24, 2.45) is 5.92 Å². The lowest BCUT2D eigenvalue weighted by Crippen LogP contribution is -2.37. The zero-order chi connectivity index (χ0) is 17.6. The normalized spacial score (nSPS) is 23.6. The molecule has 4 nitrogen and oxygen atoms in total. The average molecular weight is 395 g/mol. The van der Waals surface area contributed by atoms with E-state index in [1.807, 2.05) is 0 Å². The summed E-state index contributed by atoms with van der Waals surface area (Å²) in [6.07, 6.45) is 7.70. The van der Waals surface area contributed by atoms with E-state index < -0.39 is 0 Å². The number of fused-ring (bicyclic) bond motifs is 1. The third-order valence-electron chi connectivity index (χ3n) is 6.21. The second-order valence-corrected chi connectivity index (χ2v) is 8.20. The number of ether oxygens (including phenoxy) is 2. The standard InChI is InChI=1S/C22H34N2O2.ClH/c1-2-9-24(8-1)18-19-4-5-21-17-22(7-6-20(21)16-19)26-13-3-10-23-11-14-25-15-12-23;/h6-7,17,19H,1-5,8-16,18H2;1H. The summed E-state index contributed by atoms with van der Waals surface area (Å²) < 4.78 is 11.4. The molecule has 2 fully saturated rings. The SMILES string of the molecule is Cl.c1cc2c(cc1OCCCN1CCOCC1)CCC(CN1CCCC1)C2. The van der Waals surface area contributed by atoms with E-state index in [0.717, 1.165) is 57.5 Å². The summed E-state index contributed by atoms with van der Waals surface area (Å²) in [5, 5.41) is 0. The zero-order valence-corrected chi connectivity index (χ0v) is 17.4. The van der Waals surface area contributed by atoms with Crippen LogP contribution in [0.1, 0.15) is 36.8 Å². The molecule has 2 aliphatic heterocycles. The molecule has 0 radical (unpaired) electrons. The highest BCUT2D eigenvalue weighted by Gasteiger charge is 2.22. The van der Waals surface area contributed by atoms with Crippen molar-refractivity contribution in [2.45, 2.75) is 38.5 Å². The van der Waals surface area contributed by atoms with E-state index in [1.54, 1.807) is 5.56 Å². The predicted octanol–water partition coefficient (Wildman–Crippen LogP) is 3.41. The molecule has 2 saturated heterocycles. The van der Waals surface area contributed by atoms with E-state index in [0.29, 0.717) is 0 Å². The van der Waals surface area contributed by atoms with Crippen LogP contribution in [0.4, 0.5) is 0 Å². The van der Waals surface area contributed by atoms with Crippen molar-refractivity contribution < 1.29 is 9.47 Å². The fourth-order valence-corrected chi connectivity index (χ4v) is 4.69. The minimum atomic E-state index is 0. The molecule has 0 bridgehead atoms. The van der Waals surface area contributed by atoms with Crippen molar-refractivity contribution in [1.82, 2.24) is 9.80 Å². The van der Waals surface area contributed by atoms with Gasteiger partial charge < -0.3 is 14.4 Å². The molecular formula is C22H35ClN2O2. The smallest absolute Gasteiger partial charge is 0.119 e. The maximum atomic E-state index is 6.03. The van der Waals surface area contributed by atoms with Gasteiger partial charge in [-0.3, -0.25) is 4.90 Å². The number of rotatable bonds is 7. The number of hydrogen-bond acceptors (Lipinski definition) is 4. The lowest BCUT2D eigenvalue weighted by atomic mass is 9.83. The van der Waals surface area contributed by atoms with Crippen molar-refractivity contribution in [3.8, 4) is 5.75 Å². The van der Waals surface area contributed by atoms with Crippen molar-refractivity contribution in [3.05, 3.63) is 29.3 Å². The molecule has 0 spiro atoms. The highest BCUT2D eigenvalue weighted by molar-refractivity contribution is 5.85. The zero-order valence-electron chi connectivity index (χ0n) is 16.5. The summed E-state index contributed by atoms with van der Waals surface area (Å²) in [5.74, 6) is 1.91. The Hall–Kier alpha value is -0.810. The molecule has 152 valence electrons. The summed E-state index contributed by atoms with van der Waals surface area (Å²) in [4.78, 5) is 5.14. The van der Waals surface area contributed by atoms with Crippen molar-refractivity contribution >= 4 is 12.4 Å². The van der Waals surface area contributed by atoms with Gasteiger partial charge in [-0.15, -0.1) is 12.4 Å². The van der Waals surface area contributed by atoms with Crippen LogP contribution in [-0.4, -0.2) is 68.9 Å². The first-order valence-corrected chi connectivity index (χ1v) is 10.6. The summed E-state index contributed by atoms with van der Waals surface area (Å²) in [7, 11) is 0. The number of likely N-dealkylation sites (tertiary alicyclic amines) is 1. The van der Waals surface area contributed by atoms with E-state index in [-0.39, 0.29) is 12.4 Å². The van der Waals surface area contributed by atoms with E-state index in [2.05, 4.69) is 28.0 Å². The van der Waals surface area contributed by atoms with Crippen molar-refractivity contribution in [3.63, 3.8) is 0 Å². The molecule has 1 aliphatic carbocycles. The highest BCUT2D eigenvalue weighted by atomic mass is 35.5. The van der Waals surface area contributed by atoms with E-state index in [9.17, 15) is 0 Å². The van der Waals surface area contributed by atoms with Crippen LogP contribution in [-0.2, 0) is 17.6 Å². The Morgan fingerprint density at radius 3 is 2.63 bits per heavy atom. The van der Waals surface area contributed by atoms with Gasteiger partial charge in [-0.05, 0) is 80.8 Å². The monoisotopic (exact) mass is 394 g/mol. The third kappa shape index (κ3) is 6.08. The number of aryl methyl sites for hydroxylation is 1. The first-order chi connectivity index (χ1) is 12.9. The minimum absolute atomic E-state index is 0. The molecule has 1 aromatic carbocycles. The molecule has 1 atom stereocenters. The first kappa shape index (κ1) is 20.9. The number of nitrogens with zero attached hydrogens (tertiary/aromatic N) is 2. The molecule has 1 aromatic rings. The quantitative estimate of drug-likeness (QED) is 0.661. The topological polar surface area (TPSA) is 24.9 Å². The Kier molecular flexibility index (Phi) is 8.25. The van der Waals surface area contributed by atoms with Gasteiger partial charge >= 0.3 is 0 Å². The molecule has 1 unspecified atom stereocenters. The van der Waals surface area contributed by atoms with Gasteiger partial charge in [-0.25, -0.2) is 0 Å². The summed E-state index contributed by atoms with van der Waals surface area (Å²) in [6.45, 7) is 9.77. The van der Waals surface area contributed by atoms with Gasteiger partial charge in [0.05, 0.1) is 19.8 Å². The van der Waals surface area contributed by atoms with E-state index in [1.165, 1.54) is 57.3 Å². The number of hydrogen-bond donors (Lipinski definition) is 0. The van der Waals surface area contributed by atoms with Crippen LogP contribution < -0.4 is 4.74 Å². The number of halogens is 1. The van der Waals surface area contributed by atoms with Crippen LogP contribution >= 0.6 is 12.4 Å². The minimum Gasteiger partial charge on any atom is -0.494 e. The van der Waals surface area contributed by atoms with E-state index in [4.69, 9.17) is 9.47 Å². The second-order valence-electron chi connectivity index (χ2n) is 8.20. The molecule has 3 aliphatic rings. The predicted molar refractivity (Wildman–Crippen MR) is 112 cm³/mol. The second kappa shape index (κ2) is 10.7. The summed E-state index contributed by atoms with van der Waals surface area (Å²) in [5.41, 5.74) is 3.08. The lowest BCUT2D eigenvalue weighted by molar-refractivity contribution is 0.0358. The van der Waals surface area contributed by atoms with Gasteiger partial charge in [-0.2, -0.15) is 0 Å². The van der Waals surface area contributed by atoms with Crippen molar-refractivity contribution in [1.29, 1.82) is 0 Å². The van der Waals surface area contributed by atoms with Gasteiger partial charge in [0.15, 0.2) is 0 Å². The fraction of sp³-hybridized carbons (Fsp3) is 0.727. The molecule has 2 heterocycles. The van der Waals surface area contributed by atoms with Crippen LogP contribution in [0.3, 0.4) is 0 Å². The largest absolute Gasteiger partial charge is 0.494 e. The Bertz CT molecular complexity index is 571. The van der Waals surface area contributed by atoms with Gasteiger partial charge in [0, 0.05) is 26.2 Å². The van der Waals surface area contributed by atoms with Gasteiger partial charge in [0.2, 0.25) is 0 Å². The van der Waals surface area contributed by atoms with Gasteiger partial charge in [0.1, 0.15) is 5.75 Å². The molecule has 27 heavy (non-hydrogen) atoms. The highest BCUT2D eigenvalue weighted by Crippen LogP contribution is 2.29. The molecule has 4 rings (SSSR count). The number of morpholine rings is 1. The Morgan fingerprint density at radius 2 is 1.81 bits per heavy atom. The average Bonchev–Trinajstić information content (AvgIpc) is 3.19. The lowest BCUT2D eigenvalue weighted by Gasteiger charge is -2.28. The maximum Gasteiger partial charge on any atom is 0.119 e. The molecule has 0 aromatic heterocycles. The van der Waals surface area contributed by atoms with Gasteiger partial charge in [0.25, 0.3) is 0 Å². The van der Waals surface area contributed by atoms with Crippen LogP contribution in [0, 0.1) is 5.92 Å². The Labute approximate surface area is 170 Å². The van der Waals surface area contributed by atoms with E-state index >= 15 is 0 Å². The maximum absolute atomic E-state index is 6.03. The summed E-state index contributed by atoms with van der Waals surface area (Å²) in [6, 6.07) is 6.81. The van der Waals surface area contributed by atoms with Crippen molar-refractivity contribution in [2.75, 3.05) is 59.1 Å². The number of benzene rings is 1. The van der Waals surface area contributed by atoms with Gasteiger partial charge in [-0.1, -0.05) is 6.07 Å². The molecular weight excluding hydrogens is 360 g/mol. The summed E-state index contributed by atoms with van der Waals surface area (Å²) >= 11 is 0. The third-order valence-corrected chi connectivity index (χ3v) is 6.21. The first-order valence-electron chi connectivity index (χ1n) is 10.6. The van der Waals surface area contributed by atoms with Crippen LogP contribution in [0.25, 0.3) is 0 Å². The van der Waals surface area contributed by atoms with Crippen LogP contribution in [0.5, 0.6) is 5.75 Å². The Balaban J connectivity index is 0.00000210. The van der Waals surface area contributed by atoms with Crippen LogP contribution in [0.15, 0.2) is 18.2 Å². The Morgan fingerprint density at radius 1 is 1.00 bits per heavy atom. The molecule has 0 amide bonds. The van der Waals surface area contributed by atoms with Crippen LogP contribution in [0.2, 0.25) is 0 Å².